The molecular weight excluding hydrogens is 232 g/mol. The number of hydrogen-bond acceptors (Lipinski definition) is 3. The minimum atomic E-state index is -0.442. The first-order valence-corrected chi connectivity index (χ1v) is 6.42. The summed E-state index contributed by atoms with van der Waals surface area (Å²) in [6, 6.07) is 0.254. The van der Waals surface area contributed by atoms with Gasteiger partial charge in [0.05, 0.1) is 17.8 Å². The lowest BCUT2D eigenvalue weighted by Crippen LogP contribution is -2.18. The summed E-state index contributed by atoms with van der Waals surface area (Å²) in [5.41, 5.74) is 1.33. The fourth-order valence-corrected chi connectivity index (χ4v) is 2.12. The molecular formula is C10H15ClN2OS. The molecule has 2 unspecified atom stereocenters. The SMILES string of the molecule is CSC(C)C(C)n1ncc(C(=O)Cl)c1C. The molecule has 0 saturated carbocycles. The molecule has 1 aromatic heterocycles. The minimum absolute atomic E-state index is 0.254. The van der Waals surface area contributed by atoms with Gasteiger partial charge in [-0.05, 0) is 31.7 Å². The van der Waals surface area contributed by atoms with E-state index in [2.05, 4.69) is 25.2 Å². The van der Waals surface area contributed by atoms with Crippen LogP contribution >= 0.6 is 23.4 Å². The van der Waals surface area contributed by atoms with Crippen LogP contribution in [0.3, 0.4) is 0 Å². The molecule has 1 heterocycles. The molecule has 1 rings (SSSR count). The Balaban J connectivity index is 3.01. The second-order valence-electron chi connectivity index (χ2n) is 3.54. The van der Waals surface area contributed by atoms with Gasteiger partial charge in [-0.1, -0.05) is 6.92 Å². The summed E-state index contributed by atoms with van der Waals surface area (Å²) < 4.78 is 1.86. The number of halogens is 1. The van der Waals surface area contributed by atoms with Crippen molar-refractivity contribution in [2.45, 2.75) is 32.1 Å². The maximum Gasteiger partial charge on any atom is 0.255 e. The largest absolute Gasteiger partial charge is 0.275 e. The molecule has 0 aliphatic rings. The Morgan fingerprint density at radius 2 is 2.20 bits per heavy atom. The molecule has 0 aliphatic heterocycles. The molecule has 0 saturated heterocycles. The zero-order chi connectivity index (χ0) is 11.6. The highest BCUT2D eigenvalue weighted by Gasteiger charge is 2.19. The van der Waals surface area contributed by atoms with Crippen molar-refractivity contribution in [3.05, 3.63) is 17.5 Å². The normalized spacial score (nSPS) is 15.0. The van der Waals surface area contributed by atoms with Crippen LogP contribution in [0.4, 0.5) is 0 Å². The van der Waals surface area contributed by atoms with Crippen molar-refractivity contribution in [3.8, 4) is 0 Å². The Morgan fingerprint density at radius 3 is 2.60 bits per heavy atom. The van der Waals surface area contributed by atoms with Gasteiger partial charge in [-0.25, -0.2) is 0 Å². The fourth-order valence-electron chi connectivity index (χ4n) is 1.42. The third-order valence-corrected chi connectivity index (χ3v) is 4.03. The zero-order valence-electron chi connectivity index (χ0n) is 9.32. The minimum Gasteiger partial charge on any atom is -0.275 e. The molecule has 0 spiro atoms. The maximum atomic E-state index is 11.0. The van der Waals surface area contributed by atoms with E-state index in [4.69, 9.17) is 11.6 Å². The van der Waals surface area contributed by atoms with Gasteiger partial charge in [0.15, 0.2) is 0 Å². The van der Waals surface area contributed by atoms with Crippen molar-refractivity contribution < 1.29 is 4.79 Å². The topological polar surface area (TPSA) is 34.9 Å². The molecule has 84 valence electrons. The lowest BCUT2D eigenvalue weighted by molar-refractivity contribution is 0.108. The lowest BCUT2D eigenvalue weighted by atomic mass is 10.2. The van der Waals surface area contributed by atoms with Gasteiger partial charge in [-0.15, -0.1) is 0 Å². The molecule has 0 aromatic carbocycles. The highest BCUT2D eigenvalue weighted by atomic mass is 35.5. The number of thioether (sulfide) groups is 1. The van der Waals surface area contributed by atoms with Crippen LogP contribution in [0.2, 0.25) is 0 Å². The van der Waals surface area contributed by atoms with Crippen LogP contribution in [0.15, 0.2) is 6.20 Å². The van der Waals surface area contributed by atoms with Crippen molar-refractivity contribution in [1.82, 2.24) is 9.78 Å². The van der Waals surface area contributed by atoms with Crippen molar-refractivity contribution in [2.75, 3.05) is 6.26 Å². The van der Waals surface area contributed by atoms with E-state index < -0.39 is 5.24 Å². The van der Waals surface area contributed by atoms with Crippen molar-refractivity contribution in [1.29, 1.82) is 0 Å². The van der Waals surface area contributed by atoms with Gasteiger partial charge in [-0.2, -0.15) is 16.9 Å². The quantitative estimate of drug-likeness (QED) is 0.767. The van der Waals surface area contributed by atoms with Crippen molar-refractivity contribution in [2.24, 2.45) is 0 Å². The van der Waals surface area contributed by atoms with E-state index in [0.717, 1.165) is 5.69 Å². The number of carbonyl (C=O) groups is 1. The average molecular weight is 247 g/mol. The number of nitrogens with zero attached hydrogens (tertiary/aromatic N) is 2. The van der Waals surface area contributed by atoms with Crippen LogP contribution in [-0.2, 0) is 0 Å². The Labute approximate surface area is 99.2 Å². The van der Waals surface area contributed by atoms with Crippen LogP contribution in [0, 0.1) is 6.92 Å². The maximum absolute atomic E-state index is 11.0. The molecule has 5 heteroatoms. The first kappa shape index (κ1) is 12.6. The average Bonchev–Trinajstić information content (AvgIpc) is 2.57. The molecule has 0 amide bonds. The van der Waals surface area contributed by atoms with Crippen LogP contribution in [0.25, 0.3) is 0 Å². The zero-order valence-corrected chi connectivity index (χ0v) is 10.9. The van der Waals surface area contributed by atoms with E-state index in [9.17, 15) is 4.79 Å². The fraction of sp³-hybridized carbons (Fsp3) is 0.600. The summed E-state index contributed by atoms with van der Waals surface area (Å²) in [5.74, 6) is 0. The van der Waals surface area contributed by atoms with Gasteiger partial charge in [0.2, 0.25) is 0 Å². The number of rotatable bonds is 4. The van der Waals surface area contributed by atoms with E-state index in [1.165, 1.54) is 6.20 Å². The molecule has 0 fully saturated rings. The van der Waals surface area contributed by atoms with Gasteiger partial charge in [0, 0.05) is 10.9 Å². The van der Waals surface area contributed by atoms with Gasteiger partial charge < -0.3 is 0 Å². The van der Waals surface area contributed by atoms with Crippen LogP contribution in [0.1, 0.15) is 35.9 Å². The van der Waals surface area contributed by atoms with Gasteiger partial charge in [0.1, 0.15) is 0 Å². The molecule has 0 radical (unpaired) electrons. The summed E-state index contributed by atoms with van der Waals surface area (Å²) in [5, 5.41) is 4.21. The third-order valence-electron chi connectivity index (χ3n) is 2.69. The first-order chi connectivity index (χ1) is 6.99. The monoisotopic (exact) mass is 246 g/mol. The van der Waals surface area contributed by atoms with Crippen LogP contribution in [-0.4, -0.2) is 26.5 Å². The Hall–Kier alpha value is -0.480. The Kier molecular flexibility index (Phi) is 4.22. The smallest absolute Gasteiger partial charge is 0.255 e. The summed E-state index contributed by atoms with van der Waals surface area (Å²) >= 11 is 7.22. The molecule has 1 aromatic rings. The van der Waals surface area contributed by atoms with Crippen LogP contribution in [0.5, 0.6) is 0 Å². The summed E-state index contributed by atoms with van der Waals surface area (Å²) in [4.78, 5) is 11.0. The lowest BCUT2D eigenvalue weighted by Gasteiger charge is -2.19. The van der Waals surface area contributed by atoms with Crippen molar-refractivity contribution >= 4 is 28.6 Å². The Morgan fingerprint density at radius 1 is 1.60 bits per heavy atom. The molecule has 0 bridgehead atoms. The van der Waals surface area contributed by atoms with Gasteiger partial charge in [0.25, 0.3) is 5.24 Å². The van der Waals surface area contributed by atoms with E-state index in [0.29, 0.717) is 10.8 Å². The highest BCUT2D eigenvalue weighted by molar-refractivity contribution is 7.99. The number of aromatic nitrogens is 2. The summed E-state index contributed by atoms with van der Waals surface area (Å²) in [6.07, 6.45) is 3.60. The molecule has 15 heavy (non-hydrogen) atoms. The second kappa shape index (κ2) is 5.03. The van der Waals surface area contributed by atoms with E-state index in [1.807, 2.05) is 11.6 Å². The first-order valence-electron chi connectivity index (χ1n) is 4.75. The number of carbonyl (C=O) groups excluding carboxylic acids is 1. The summed E-state index contributed by atoms with van der Waals surface area (Å²) in [6.45, 7) is 6.09. The Bertz CT molecular complexity index is 364. The number of hydrogen-bond donors (Lipinski definition) is 0. The highest BCUT2D eigenvalue weighted by Crippen LogP contribution is 2.23. The van der Waals surface area contributed by atoms with Crippen LogP contribution < -0.4 is 0 Å². The van der Waals surface area contributed by atoms with Gasteiger partial charge in [-0.3, -0.25) is 9.48 Å². The van der Waals surface area contributed by atoms with Gasteiger partial charge >= 0.3 is 0 Å². The van der Waals surface area contributed by atoms with E-state index in [-0.39, 0.29) is 6.04 Å². The molecule has 0 aliphatic carbocycles. The predicted molar refractivity (Wildman–Crippen MR) is 64.8 cm³/mol. The third kappa shape index (κ3) is 2.55. The second-order valence-corrected chi connectivity index (χ2v) is 5.10. The standard InChI is InChI=1S/C10H15ClN2OS/c1-6(8(3)15-4)13-7(2)9(5-12-13)10(11)14/h5-6,8H,1-4H3. The predicted octanol–water partition coefficient (Wildman–Crippen LogP) is 2.88. The molecule has 0 N–H and O–H groups in total. The van der Waals surface area contributed by atoms with E-state index in [1.54, 1.807) is 11.8 Å². The molecule has 2 atom stereocenters. The summed E-state index contributed by atoms with van der Waals surface area (Å²) in [7, 11) is 0. The van der Waals surface area contributed by atoms with Crippen molar-refractivity contribution in [3.63, 3.8) is 0 Å². The van der Waals surface area contributed by atoms with E-state index >= 15 is 0 Å². The molecule has 3 nitrogen and oxygen atoms in total.